The molecule has 172 valence electrons. The summed E-state index contributed by atoms with van der Waals surface area (Å²) in [7, 11) is 2.97. The van der Waals surface area contributed by atoms with Crippen molar-refractivity contribution in [2.75, 3.05) is 24.9 Å². The maximum Gasteiger partial charge on any atom is 0.221 e. The van der Waals surface area contributed by atoms with E-state index >= 15 is 0 Å². The molecule has 0 radical (unpaired) electrons. The SMILES string of the molecule is COc1cc(/C=C/C(=O)C=C(O)/C=C/c2ccc(NC(C)=O)c(OC)c2)ccc1NC(C)=O. The van der Waals surface area contributed by atoms with Crippen molar-refractivity contribution in [3.63, 3.8) is 0 Å². The molecular weight excluding hydrogens is 424 g/mol. The normalized spacial score (nSPS) is 11.5. The number of nitrogens with one attached hydrogen (secondary N) is 2. The predicted octanol–water partition coefficient (Wildman–Crippen LogP) is 4.36. The van der Waals surface area contributed by atoms with E-state index in [0.717, 1.165) is 6.08 Å². The molecule has 2 rings (SSSR count). The topological polar surface area (TPSA) is 114 Å². The van der Waals surface area contributed by atoms with E-state index < -0.39 is 5.78 Å². The van der Waals surface area contributed by atoms with Gasteiger partial charge in [-0.3, -0.25) is 14.4 Å². The molecule has 8 heteroatoms. The van der Waals surface area contributed by atoms with Crippen molar-refractivity contribution in [2.24, 2.45) is 0 Å². The molecule has 0 saturated carbocycles. The van der Waals surface area contributed by atoms with Gasteiger partial charge in [0.1, 0.15) is 17.3 Å². The lowest BCUT2D eigenvalue weighted by atomic mass is 10.1. The second-order valence-corrected chi connectivity index (χ2v) is 6.92. The van der Waals surface area contributed by atoms with E-state index in [1.807, 2.05) is 0 Å². The summed E-state index contributed by atoms with van der Waals surface area (Å²) in [6, 6.07) is 10.2. The van der Waals surface area contributed by atoms with Gasteiger partial charge in [-0.15, -0.1) is 0 Å². The Bertz CT molecular complexity index is 1130. The van der Waals surface area contributed by atoms with Gasteiger partial charge in [0.2, 0.25) is 11.8 Å². The fraction of sp³-hybridized carbons (Fsp3) is 0.160. The fourth-order valence-corrected chi connectivity index (χ4v) is 2.81. The number of carbonyl (C=O) groups is 3. The number of carbonyl (C=O) groups excluding carboxylic acids is 3. The van der Waals surface area contributed by atoms with Crippen molar-refractivity contribution < 1.29 is 29.0 Å². The monoisotopic (exact) mass is 450 g/mol. The Labute approximate surface area is 192 Å². The van der Waals surface area contributed by atoms with Crippen LogP contribution in [-0.2, 0) is 14.4 Å². The van der Waals surface area contributed by atoms with Gasteiger partial charge in [0.15, 0.2) is 5.78 Å². The van der Waals surface area contributed by atoms with Crippen LogP contribution in [0.1, 0.15) is 25.0 Å². The van der Waals surface area contributed by atoms with E-state index in [-0.39, 0.29) is 17.6 Å². The van der Waals surface area contributed by atoms with Crippen LogP contribution in [0.25, 0.3) is 12.2 Å². The van der Waals surface area contributed by atoms with Crippen LogP contribution in [0.2, 0.25) is 0 Å². The maximum absolute atomic E-state index is 12.1. The zero-order chi connectivity index (χ0) is 24.4. The highest BCUT2D eigenvalue weighted by Gasteiger charge is 2.06. The summed E-state index contributed by atoms with van der Waals surface area (Å²) in [6.07, 6.45) is 6.95. The quantitative estimate of drug-likeness (QED) is 0.297. The van der Waals surface area contributed by atoms with Gasteiger partial charge in [-0.05, 0) is 47.5 Å². The Morgan fingerprint density at radius 1 is 0.788 bits per heavy atom. The van der Waals surface area contributed by atoms with Crippen LogP contribution in [0.4, 0.5) is 11.4 Å². The number of aliphatic hydroxyl groups excluding tert-OH is 1. The van der Waals surface area contributed by atoms with E-state index in [9.17, 15) is 19.5 Å². The second-order valence-electron chi connectivity index (χ2n) is 6.92. The predicted molar refractivity (Wildman–Crippen MR) is 128 cm³/mol. The lowest BCUT2D eigenvalue weighted by Gasteiger charge is -2.09. The third-order valence-corrected chi connectivity index (χ3v) is 4.25. The molecule has 0 bridgehead atoms. The fourth-order valence-electron chi connectivity index (χ4n) is 2.81. The minimum absolute atomic E-state index is 0.217. The third kappa shape index (κ3) is 8.02. The van der Waals surface area contributed by atoms with Crippen molar-refractivity contribution in [1.29, 1.82) is 0 Å². The Morgan fingerprint density at radius 3 is 1.67 bits per heavy atom. The summed E-state index contributed by atoms with van der Waals surface area (Å²) in [6.45, 7) is 2.80. The van der Waals surface area contributed by atoms with Gasteiger partial charge in [-0.1, -0.05) is 24.3 Å². The van der Waals surface area contributed by atoms with Crippen LogP contribution >= 0.6 is 0 Å². The Hall–Kier alpha value is -4.33. The van der Waals surface area contributed by atoms with E-state index in [1.165, 1.54) is 40.2 Å². The third-order valence-electron chi connectivity index (χ3n) is 4.25. The Morgan fingerprint density at radius 2 is 1.24 bits per heavy atom. The van der Waals surface area contributed by atoms with Crippen molar-refractivity contribution in [2.45, 2.75) is 13.8 Å². The number of methoxy groups -OCH3 is 2. The van der Waals surface area contributed by atoms with Crippen molar-refractivity contribution >= 4 is 41.1 Å². The molecule has 33 heavy (non-hydrogen) atoms. The van der Waals surface area contributed by atoms with E-state index in [2.05, 4.69) is 10.6 Å². The first-order valence-corrected chi connectivity index (χ1v) is 9.94. The molecule has 0 atom stereocenters. The van der Waals surface area contributed by atoms with Gasteiger partial charge in [-0.2, -0.15) is 0 Å². The number of anilines is 2. The Kier molecular flexibility index (Phi) is 8.99. The molecule has 0 heterocycles. The highest BCUT2D eigenvalue weighted by atomic mass is 16.5. The smallest absolute Gasteiger partial charge is 0.221 e. The molecule has 2 aromatic rings. The number of benzene rings is 2. The summed E-state index contributed by atoms with van der Waals surface area (Å²) in [5, 5.41) is 15.4. The second kappa shape index (κ2) is 11.9. The van der Waals surface area contributed by atoms with Crippen molar-refractivity contribution in [1.82, 2.24) is 0 Å². The van der Waals surface area contributed by atoms with Crippen LogP contribution in [0, 0.1) is 0 Å². The lowest BCUT2D eigenvalue weighted by molar-refractivity contribution is -0.115. The number of allylic oxidation sites excluding steroid dienone is 3. The van der Waals surface area contributed by atoms with Crippen molar-refractivity contribution in [3.05, 3.63) is 71.5 Å². The largest absolute Gasteiger partial charge is 0.508 e. The highest BCUT2D eigenvalue weighted by Crippen LogP contribution is 2.27. The van der Waals surface area contributed by atoms with Crippen LogP contribution in [0.5, 0.6) is 11.5 Å². The van der Waals surface area contributed by atoms with Gasteiger partial charge in [0, 0.05) is 19.9 Å². The van der Waals surface area contributed by atoms with Gasteiger partial charge in [-0.25, -0.2) is 0 Å². The number of hydrogen-bond acceptors (Lipinski definition) is 6. The molecule has 0 aliphatic carbocycles. The molecule has 0 aliphatic heterocycles. The number of ether oxygens (including phenoxy) is 2. The van der Waals surface area contributed by atoms with Gasteiger partial charge in [0.25, 0.3) is 0 Å². The minimum Gasteiger partial charge on any atom is -0.508 e. The van der Waals surface area contributed by atoms with E-state index in [4.69, 9.17) is 9.47 Å². The molecule has 8 nitrogen and oxygen atoms in total. The maximum atomic E-state index is 12.1. The zero-order valence-electron chi connectivity index (χ0n) is 18.8. The molecular formula is C25H26N2O6. The Balaban J connectivity index is 2.08. The number of rotatable bonds is 9. The van der Waals surface area contributed by atoms with Gasteiger partial charge >= 0.3 is 0 Å². The highest BCUT2D eigenvalue weighted by molar-refractivity contribution is 6.02. The molecule has 0 fully saturated rings. The van der Waals surface area contributed by atoms with Crippen LogP contribution in [-0.4, -0.2) is 36.9 Å². The molecule has 2 amide bonds. The number of ketones is 1. The standard InChI is InChI=1S/C25H26N2O6/c1-16(28)26-22-11-7-18(13-24(22)32-3)5-9-20(30)15-21(31)10-6-19-8-12-23(27-17(2)29)25(14-19)33-4/h5-15,30H,1-4H3,(H,26,28)(H,27,29)/b9-5+,10-6+,20-15?. The molecule has 2 aromatic carbocycles. The minimum atomic E-state index is -0.416. The molecule has 0 saturated heterocycles. The van der Waals surface area contributed by atoms with E-state index in [1.54, 1.807) is 48.6 Å². The molecule has 3 N–H and O–H groups in total. The molecule has 0 spiro atoms. The van der Waals surface area contributed by atoms with Gasteiger partial charge in [0.05, 0.1) is 25.6 Å². The number of aliphatic hydroxyl groups is 1. The van der Waals surface area contributed by atoms with Crippen LogP contribution < -0.4 is 20.1 Å². The summed E-state index contributed by atoms with van der Waals surface area (Å²) in [5.41, 5.74) is 2.45. The van der Waals surface area contributed by atoms with Crippen molar-refractivity contribution in [3.8, 4) is 11.5 Å². The average molecular weight is 450 g/mol. The first-order chi connectivity index (χ1) is 15.7. The summed E-state index contributed by atoms with van der Waals surface area (Å²) in [5.74, 6) is -0.155. The van der Waals surface area contributed by atoms with Gasteiger partial charge < -0.3 is 25.2 Å². The van der Waals surface area contributed by atoms with E-state index in [0.29, 0.717) is 34.0 Å². The van der Waals surface area contributed by atoms with Crippen LogP contribution in [0.3, 0.4) is 0 Å². The molecule has 0 aliphatic rings. The average Bonchev–Trinajstić information content (AvgIpc) is 2.76. The summed E-state index contributed by atoms with van der Waals surface area (Å²) in [4.78, 5) is 34.6. The first-order valence-electron chi connectivity index (χ1n) is 9.94. The zero-order valence-corrected chi connectivity index (χ0v) is 18.8. The molecule has 0 aromatic heterocycles. The lowest BCUT2D eigenvalue weighted by Crippen LogP contribution is -2.07. The molecule has 0 unspecified atom stereocenters. The number of hydrogen-bond donors (Lipinski definition) is 3. The summed E-state index contributed by atoms with van der Waals surface area (Å²) >= 11 is 0. The van der Waals surface area contributed by atoms with Crippen LogP contribution in [0.15, 0.2) is 60.4 Å². The first kappa shape index (κ1) is 24.9. The summed E-state index contributed by atoms with van der Waals surface area (Å²) < 4.78 is 10.5. The number of amides is 2.